The van der Waals surface area contributed by atoms with E-state index in [0.717, 1.165) is 18.4 Å². The van der Waals surface area contributed by atoms with E-state index in [-0.39, 0.29) is 13.2 Å². The fourth-order valence-corrected chi connectivity index (χ4v) is 1.46. The molecule has 0 fully saturated rings. The van der Waals surface area contributed by atoms with E-state index in [2.05, 4.69) is 0 Å². The van der Waals surface area contributed by atoms with E-state index in [4.69, 9.17) is 9.47 Å². The highest BCUT2D eigenvalue weighted by atomic mass is 16.6. The van der Waals surface area contributed by atoms with Gasteiger partial charge in [0.1, 0.15) is 13.2 Å². The molecule has 1 rings (SSSR count). The molecule has 0 atom stereocenters. The Labute approximate surface area is 119 Å². The van der Waals surface area contributed by atoms with Gasteiger partial charge in [-0.05, 0) is 12.0 Å². The molecule has 0 aliphatic carbocycles. The second-order valence-corrected chi connectivity index (χ2v) is 4.47. The molecule has 5 heteroatoms. The Kier molecular flexibility index (Phi) is 7.17. The minimum atomic E-state index is -0.540. The van der Waals surface area contributed by atoms with Crippen molar-refractivity contribution in [3.8, 4) is 0 Å². The number of esters is 1. The maximum Gasteiger partial charge on any atom is 0.410 e. The number of benzene rings is 1. The summed E-state index contributed by atoms with van der Waals surface area (Å²) >= 11 is 0. The highest BCUT2D eigenvalue weighted by Crippen LogP contribution is 2.02. The number of carbonyl (C=O) groups is 2. The summed E-state index contributed by atoms with van der Waals surface area (Å²) in [6.45, 7) is 2.50. The average molecular weight is 279 g/mol. The highest BCUT2D eigenvalue weighted by Gasteiger charge is 2.14. The molecule has 20 heavy (non-hydrogen) atoms. The second kappa shape index (κ2) is 8.96. The predicted molar refractivity (Wildman–Crippen MR) is 75.1 cm³/mol. The number of amides is 1. The summed E-state index contributed by atoms with van der Waals surface area (Å²) in [5.74, 6) is -0.419. The van der Waals surface area contributed by atoms with Crippen LogP contribution in [-0.2, 0) is 20.9 Å². The van der Waals surface area contributed by atoms with Crippen molar-refractivity contribution in [2.75, 3.05) is 20.2 Å². The molecule has 0 saturated heterocycles. The first kappa shape index (κ1) is 16.0. The van der Waals surface area contributed by atoms with Crippen LogP contribution in [0.2, 0.25) is 0 Å². The van der Waals surface area contributed by atoms with Gasteiger partial charge in [-0.25, -0.2) is 4.79 Å². The van der Waals surface area contributed by atoms with E-state index in [9.17, 15) is 9.59 Å². The molecule has 0 N–H and O–H groups in total. The summed E-state index contributed by atoms with van der Waals surface area (Å²) in [6.07, 6.45) is 1.25. The molecule has 0 radical (unpaired) electrons. The molecule has 0 bridgehead atoms. The number of hydrogen-bond acceptors (Lipinski definition) is 4. The van der Waals surface area contributed by atoms with E-state index in [1.165, 1.54) is 11.9 Å². The van der Waals surface area contributed by atoms with Gasteiger partial charge in [-0.2, -0.15) is 0 Å². The van der Waals surface area contributed by atoms with Gasteiger partial charge in [0.25, 0.3) is 0 Å². The molecule has 0 aliphatic heterocycles. The first-order valence-corrected chi connectivity index (χ1v) is 6.71. The van der Waals surface area contributed by atoms with Crippen molar-refractivity contribution in [3.05, 3.63) is 35.9 Å². The summed E-state index contributed by atoms with van der Waals surface area (Å²) in [5, 5.41) is 0. The number of carbonyl (C=O) groups excluding carboxylic acids is 2. The zero-order valence-electron chi connectivity index (χ0n) is 12.0. The van der Waals surface area contributed by atoms with Crippen LogP contribution in [-0.4, -0.2) is 37.2 Å². The van der Waals surface area contributed by atoms with Crippen molar-refractivity contribution < 1.29 is 19.1 Å². The van der Waals surface area contributed by atoms with Crippen LogP contribution < -0.4 is 0 Å². The molecule has 0 spiro atoms. The van der Waals surface area contributed by atoms with Gasteiger partial charge in [0.15, 0.2) is 0 Å². The molecule has 1 aromatic carbocycles. The molecule has 0 aliphatic rings. The van der Waals surface area contributed by atoms with Gasteiger partial charge in [-0.1, -0.05) is 43.7 Å². The van der Waals surface area contributed by atoms with Crippen LogP contribution in [0.3, 0.4) is 0 Å². The van der Waals surface area contributed by atoms with Crippen molar-refractivity contribution in [1.29, 1.82) is 0 Å². The van der Waals surface area contributed by atoms with E-state index in [0.29, 0.717) is 6.61 Å². The fraction of sp³-hybridized carbons (Fsp3) is 0.467. The zero-order valence-corrected chi connectivity index (χ0v) is 12.0. The Balaban J connectivity index is 2.26. The van der Waals surface area contributed by atoms with Crippen LogP contribution in [0.1, 0.15) is 25.3 Å². The molecule has 1 aromatic rings. The van der Waals surface area contributed by atoms with Crippen LogP contribution in [0.5, 0.6) is 0 Å². The van der Waals surface area contributed by atoms with Gasteiger partial charge in [0.2, 0.25) is 0 Å². The lowest BCUT2D eigenvalue weighted by Crippen LogP contribution is -2.33. The van der Waals surface area contributed by atoms with Gasteiger partial charge in [0.05, 0.1) is 6.61 Å². The second-order valence-electron chi connectivity index (χ2n) is 4.47. The molecular weight excluding hydrogens is 258 g/mol. The Morgan fingerprint density at radius 1 is 1.15 bits per heavy atom. The lowest BCUT2D eigenvalue weighted by molar-refractivity contribution is -0.144. The molecule has 5 nitrogen and oxygen atoms in total. The minimum Gasteiger partial charge on any atom is -0.464 e. The Morgan fingerprint density at radius 3 is 2.50 bits per heavy atom. The summed E-state index contributed by atoms with van der Waals surface area (Å²) in [6, 6.07) is 9.37. The highest BCUT2D eigenvalue weighted by molar-refractivity contribution is 5.77. The monoisotopic (exact) mass is 279 g/mol. The maximum atomic E-state index is 11.7. The summed E-state index contributed by atoms with van der Waals surface area (Å²) < 4.78 is 10.1. The molecule has 0 saturated carbocycles. The number of unbranched alkanes of at least 4 members (excludes halogenated alkanes) is 1. The third kappa shape index (κ3) is 6.22. The standard InChI is InChI=1S/C15H21NO4/c1-3-4-10-19-14(17)11-16(2)15(18)20-12-13-8-6-5-7-9-13/h5-9H,3-4,10-12H2,1-2H3. The number of likely N-dealkylation sites (N-methyl/N-ethyl adjacent to an activating group) is 1. The van der Waals surface area contributed by atoms with Crippen molar-refractivity contribution in [2.45, 2.75) is 26.4 Å². The molecule has 0 heterocycles. The number of hydrogen-bond donors (Lipinski definition) is 0. The van der Waals surface area contributed by atoms with Crippen LogP contribution in [0.25, 0.3) is 0 Å². The summed E-state index contributed by atoms with van der Waals surface area (Å²) in [5.41, 5.74) is 0.903. The number of ether oxygens (including phenoxy) is 2. The average Bonchev–Trinajstić information content (AvgIpc) is 2.46. The Bertz CT molecular complexity index is 419. The fourth-order valence-electron chi connectivity index (χ4n) is 1.46. The first-order chi connectivity index (χ1) is 9.63. The topological polar surface area (TPSA) is 55.8 Å². The quantitative estimate of drug-likeness (QED) is 0.568. The molecule has 110 valence electrons. The van der Waals surface area contributed by atoms with Crippen molar-refractivity contribution in [3.63, 3.8) is 0 Å². The van der Waals surface area contributed by atoms with Gasteiger partial charge in [-0.3, -0.25) is 4.79 Å². The van der Waals surface area contributed by atoms with Crippen LogP contribution in [0, 0.1) is 0 Å². The molecular formula is C15H21NO4. The predicted octanol–water partition coefficient (Wildman–Crippen LogP) is 2.60. The van der Waals surface area contributed by atoms with Crippen LogP contribution >= 0.6 is 0 Å². The van der Waals surface area contributed by atoms with E-state index >= 15 is 0 Å². The number of nitrogens with zero attached hydrogens (tertiary/aromatic N) is 1. The first-order valence-electron chi connectivity index (χ1n) is 6.71. The third-order valence-corrected chi connectivity index (χ3v) is 2.64. The Hall–Kier alpha value is -2.04. The normalized spacial score (nSPS) is 9.90. The maximum absolute atomic E-state index is 11.7. The lowest BCUT2D eigenvalue weighted by Gasteiger charge is -2.16. The largest absolute Gasteiger partial charge is 0.464 e. The van der Waals surface area contributed by atoms with Crippen molar-refractivity contribution in [2.24, 2.45) is 0 Å². The van der Waals surface area contributed by atoms with Gasteiger partial charge >= 0.3 is 12.1 Å². The third-order valence-electron chi connectivity index (χ3n) is 2.64. The Morgan fingerprint density at radius 2 is 1.85 bits per heavy atom. The van der Waals surface area contributed by atoms with Gasteiger partial charge < -0.3 is 14.4 Å². The van der Waals surface area contributed by atoms with Gasteiger partial charge in [-0.15, -0.1) is 0 Å². The van der Waals surface area contributed by atoms with Gasteiger partial charge in [0, 0.05) is 7.05 Å². The van der Waals surface area contributed by atoms with Crippen LogP contribution in [0.4, 0.5) is 4.79 Å². The molecule has 1 amide bonds. The van der Waals surface area contributed by atoms with E-state index in [1.807, 2.05) is 37.3 Å². The lowest BCUT2D eigenvalue weighted by atomic mass is 10.2. The zero-order chi connectivity index (χ0) is 14.8. The van der Waals surface area contributed by atoms with Crippen molar-refractivity contribution >= 4 is 12.1 Å². The summed E-state index contributed by atoms with van der Waals surface area (Å²) in [7, 11) is 1.51. The SMILES string of the molecule is CCCCOC(=O)CN(C)C(=O)OCc1ccccc1. The van der Waals surface area contributed by atoms with E-state index in [1.54, 1.807) is 0 Å². The smallest absolute Gasteiger partial charge is 0.410 e. The summed E-state index contributed by atoms with van der Waals surface area (Å²) in [4.78, 5) is 24.3. The number of rotatable bonds is 7. The molecule has 0 aromatic heterocycles. The molecule has 0 unspecified atom stereocenters. The van der Waals surface area contributed by atoms with Crippen molar-refractivity contribution in [1.82, 2.24) is 4.90 Å². The minimum absolute atomic E-state index is 0.0999. The van der Waals surface area contributed by atoms with Crippen LogP contribution in [0.15, 0.2) is 30.3 Å². The van der Waals surface area contributed by atoms with E-state index < -0.39 is 12.1 Å².